The molecule has 8 rings (SSSR count). The monoisotopic (exact) mass is 1010 g/mol. The van der Waals surface area contributed by atoms with Crippen LogP contribution in [-0.4, -0.2) is 70.4 Å². The molecule has 18 heteroatoms. The molecule has 0 radical (unpaired) electrons. The minimum atomic E-state index is -1.47. The van der Waals surface area contributed by atoms with Gasteiger partial charge < -0.3 is 60.2 Å². The first kappa shape index (κ1) is 56.1. The van der Waals surface area contributed by atoms with Gasteiger partial charge in [-0.25, -0.2) is 0 Å². The molecule has 0 aliphatic carbocycles. The van der Waals surface area contributed by atoms with E-state index in [1.165, 1.54) is 36.4 Å². The van der Waals surface area contributed by atoms with Crippen LogP contribution in [0.25, 0.3) is 33.3 Å². The second-order valence-electron chi connectivity index (χ2n) is 17.2. The second-order valence-corrected chi connectivity index (χ2v) is 17.2. The molecule has 0 saturated heterocycles. The van der Waals surface area contributed by atoms with Crippen molar-refractivity contribution in [3.05, 3.63) is 178 Å². The van der Waals surface area contributed by atoms with Crippen molar-refractivity contribution in [1.82, 2.24) is 19.4 Å². The number of ketones is 2. The second kappa shape index (κ2) is 25.2. The first-order valence-corrected chi connectivity index (χ1v) is 23.2. The van der Waals surface area contributed by atoms with Gasteiger partial charge in [-0.05, 0) is 134 Å². The maximum atomic E-state index is 13.9. The molecule has 2 amide bonds. The number of fused-ring (bicyclic) bond motifs is 2. The van der Waals surface area contributed by atoms with Gasteiger partial charge in [0, 0.05) is 70.2 Å². The summed E-state index contributed by atoms with van der Waals surface area (Å²) in [6.07, 6.45) is 6.66. The molecular weight excluding hydrogens is 963 g/mol. The third kappa shape index (κ3) is 12.4. The molecule has 0 aliphatic rings. The van der Waals surface area contributed by atoms with Crippen LogP contribution in [0, 0.1) is 13.8 Å². The Morgan fingerprint density at radius 2 is 0.919 bits per heavy atom. The van der Waals surface area contributed by atoms with Gasteiger partial charge in [0.15, 0.2) is 13.2 Å². The number of benzene rings is 4. The zero-order valence-corrected chi connectivity index (χ0v) is 45.5. The SMILES string of the molecule is Cc1c(-c2cccc(OCC(=O)NCCCCCCNC(=O)COc3cccc(-c4c(C)c(C(=O)c5ccc(N)c(C(=O)[O-])c5)n5ccccc45)c3)c2)c2ccccn2c1C(=O)c1ccc(N)c(C(=O)[O-])c1.[Na+].[Na+]. The Balaban J connectivity index is 0.00000446. The Morgan fingerprint density at radius 1 is 0.514 bits per heavy atom. The molecule has 16 nitrogen and oxygen atoms in total. The minimum Gasteiger partial charge on any atom is -0.545 e. The van der Waals surface area contributed by atoms with Crippen molar-refractivity contribution in [3.8, 4) is 33.8 Å². The quantitative estimate of drug-likeness (QED) is 0.0315. The van der Waals surface area contributed by atoms with E-state index in [9.17, 15) is 39.0 Å². The van der Waals surface area contributed by atoms with E-state index in [-0.39, 0.29) is 129 Å². The number of carbonyl (C=O) groups excluding carboxylic acids is 6. The van der Waals surface area contributed by atoms with E-state index in [4.69, 9.17) is 20.9 Å². The van der Waals surface area contributed by atoms with Gasteiger partial charge in [-0.2, -0.15) is 0 Å². The molecule has 0 bridgehead atoms. The van der Waals surface area contributed by atoms with Gasteiger partial charge in [0.2, 0.25) is 11.6 Å². The summed E-state index contributed by atoms with van der Waals surface area (Å²) in [5.74, 6) is -3.35. The molecule has 0 aliphatic heterocycles. The van der Waals surface area contributed by atoms with E-state index in [1.54, 1.807) is 69.7 Å². The van der Waals surface area contributed by atoms with Crippen LogP contribution in [0.4, 0.5) is 11.4 Å². The zero-order chi connectivity index (χ0) is 51.1. The minimum absolute atomic E-state index is 0. The molecular formula is C56H50N6Na2O10. The van der Waals surface area contributed by atoms with Crippen LogP contribution in [0.2, 0.25) is 0 Å². The fourth-order valence-corrected chi connectivity index (χ4v) is 8.92. The van der Waals surface area contributed by atoms with Crippen LogP contribution in [0.3, 0.4) is 0 Å². The van der Waals surface area contributed by atoms with Gasteiger partial charge >= 0.3 is 59.1 Å². The average Bonchev–Trinajstić information content (AvgIpc) is 3.84. The number of amides is 2. The van der Waals surface area contributed by atoms with Crippen molar-refractivity contribution < 1.29 is 108 Å². The third-order valence-electron chi connectivity index (χ3n) is 12.4. The predicted molar refractivity (Wildman–Crippen MR) is 268 cm³/mol. The number of carboxylic acids is 2. The van der Waals surface area contributed by atoms with Crippen molar-refractivity contribution in [1.29, 1.82) is 0 Å². The van der Waals surface area contributed by atoms with Crippen molar-refractivity contribution in [2.75, 3.05) is 37.8 Å². The van der Waals surface area contributed by atoms with E-state index in [1.807, 2.05) is 50.2 Å². The van der Waals surface area contributed by atoms with Crippen molar-refractivity contribution >= 4 is 57.7 Å². The molecule has 8 aromatic rings. The normalized spacial score (nSPS) is 10.8. The Kier molecular flexibility index (Phi) is 19.1. The van der Waals surface area contributed by atoms with Crippen molar-refractivity contribution in [2.24, 2.45) is 0 Å². The average molecular weight is 1010 g/mol. The number of nitrogens with one attached hydrogen (secondary N) is 2. The first-order chi connectivity index (χ1) is 34.7. The number of ether oxygens (including phenoxy) is 2. The van der Waals surface area contributed by atoms with Gasteiger partial charge in [-0.3, -0.25) is 19.2 Å². The van der Waals surface area contributed by atoms with Gasteiger partial charge in [0.25, 0.3) is 11.8 Å². The molecule has 366 valence electrons. The fourth-order valence-electron chi connectivity index (χ4n) is 8.92. The molecule has 4 aromatic carbocycles. The number of nitrogens with two attached hydrogens (primary N) is 2. The fraction of sp³-hybridized carbons (Fsp3) is 0.179. The van der Waals surface area contributed by atoms with Crippen LogP contribution in [-0.2, 0) is 9.59 Å². The Hall–Kier alpha value is -7.18. The van der Waals surface area contributed by atoms with Crippen LogP contribution < -0.4 is 101 Å². The summed E-state index contributed by atoms with van der Waals surface area (Å²) in [6.45, 7) is 4.16. The molecule has 0 atom stereocenters. The standard InChI is InChI=1S/C56H52N6O10.2Na/c1-33-49(45-17-5-9-25-61(45)51(33)53(65)37-19-21-43(57)41(29-37)55(67)68)35-13-11-15-39(27-35)71-31-47(63)59-23-7-3-4-8-24-60-48(64)32-72-40-16-12-14-36(28-40)50-34(2)52(62-26-10-6-18-46(50)62)54(66)38-20-22-44(58)42(30-38)56(69)70;;/h5-6,9-22,25-30H,3-4,7-8,23-24,31-32,57-58H2,1-2H3,(H,59,63)(H,60,64)(H,67,68)(H,69,70);;/q;2*+1/p-2. The number of aromatic carboxylic acids is 2. The van der Waals surface area contributed by atoms with E-state index in [0.29, 0.717) is 47.1 Å². The molecule has 0 spiro atoms. The number of carboxylic acid groups (broad SMARTS) is 2. The summed E-state index contributed by atoms with van der Waals surface area (Å²) < 4.78 is 15.3. The van der Waals surface area contributed by atoms with Crippen molar-refractivity contribution in [2.45, 2.75) is 39.5 Å². The number of anilines is 2. The smallest absolute Gasteiger partial charge is 0.545 e. The Labute approximate surface area is 470 Å². The number of hydrogen-bond donors (Lipinski definition) is 4. The van der Waals surface area contributed by atoms with Gasteiger partial charge in [0.1, 0.15) is 11.5 Å². The molecule has 6 N–H and O–H groups in total. The maximum Gasteiger partial charge on any atom is 1.00 e. The molecule has 0 saturated carbocycles. The predicted octanol–water partition coefficient (Wildman–Crippen LogP) is -0.245. The Bertz CT molecular complexity index is 3210. The third-order valence-corrected chi connectivity index (χ3v) is 12.4. The Morgan fingerprint density at radius 3 is 1.31 bits per heavy atom. The summed E-state index contributed by atoms with van der Waals surface area (Å²) in [6, 6.07) is 33.7. The van der Waals surface area contributed by atoms with Gasteiger partial charge in [-0.15, -0.1) is 0 Å². The first-order valence-electron chi connectivity index (χ1n) is 23.2. The number of aromatic nitrogens is 2. The molecule has 4 heterocycles. The molecule has 0 unspecified atom stereocenters. The van der Waals surface area contributed by atoms with Gasteiger partial charge in [-0.1, -0.05) is 49.2 Å². The summed E-state index contributed by atoms with van der Waals surface area (Å²) in [5, 5.41) is 29.0. The van der Waals surface area contributed by atoms with Crippen LogP contribution in [0.5, 0.6) is 11.5 Å². The van der Waals surface area contributed by atoms with Crippen LogP contribution in [0.1, 0.15) is 89.6 Å². The summed E-state index contributed by atoms with van der Waals surface area (Å²) >= 11 is 0. The maximum absolute atomic E-state index is 13.9. The molecule has 0 fully saturated rings. The summed E-state index contributed by atoms with van der Waals surface area (Å²) in [7, 11) is 0. The zero-order valence-electron chi connectivity index (χ0n) is 41.5. The number of pyridine rings is 2. The number of nitrogens with zero attached hydrogens (tertiary/aromatic N) is 2. The number of unbranched alkanes of at least 4 members (excludes halogenated alkanes) is 3. The number of nitrogen functional groups attached to an aromatic ring is 2. The van der Waals surface area contributed by atoms with E-state index >= 15 is 0 Å². The number of carbonyl (C=O) groups is 6. The number of rotatable bonds is 21. The van der Waals surface area contributed by atoms with E-state index < -0.39 is 11.9 Å². The van der Waals surface area contributed by atoms with E-state index in [0.717, 1.165) is 59.0 Å². The van der Waals surface area contributed by atoms with Gasteiger partial charge in [0.05, 0.1) is 34.4 Å². The molecule has 4 aromatic heterocycles. The van der Waals surface area contributed by atoms with Crippen LogP contribution >= 0.6 is 0 Å². The number of hydrogen-bond acceptors (Lipinski definition) is 12. The summed E-state index contributed by atoms with van der Waals surface area (Å²) in [5.41, 5.74) is 18.0. The largest absolute Gasteiger partial charge is 1.00 e. The summed E-state index contributed by atoms with van der Waals surface area (Å²) in [4.78, 5) is 76.4. The topological polar surface area (TPSA) is 252 Å². The van der Waals surface area contributed by atoms with Crippen molar-refractivity contribution in [3.63, 3.8) is 0 Å². The molecule has 74 heavy (non-hydrogen) atoms. The van der Waals surface area contributed by atoms with E-state index in [2.05, 4.69) is 10.6 Å². The van der Waals surface area contributed by atoms with Crippen LogP contribution in [0.15, 0.2) is 134 Å².